The number of amides is 5. The molecular formula is C41H65N3O13. The Bertz CT molecular complexity index is 1330. The summed E-state index contributed by atoms with van der Waals surface area (Å²) in [6.07, 6.45) is 10.1. The van der Waals surface area contributed by atoms with Crippen molar-refractivity contribution in [2.75, 3.05) is 111 Å². The number of nitrogens with one attached hydrogen (secondary N) is 2. The number of ether oxygens (including phenoxy) is 8. The van der Waals surface area contributed by atoms with Crippen LogP contribution in [0.4, 0.5) is 5.69 Å². The van der Waals surface area contributed by atoms with Crippen molar-refractivity contribution in [2.24, 2.45) is 0 Å². The van der Waals surface area contributed by atoms with Crippen molar-refractivity contribution < 1.29 is 61.9 Å². The highest BCUT2D eigenvalue weighted by Gasteiger charge is 2.45. The number of unbranched alkanes of at least 4 members (excludes halogenated alkanes) is 7. The first-order valence-corrected chi connectivity index (χ1v) is 20.7. The average Bonchev–Trinajstić information content (AvgIpc) is 3.45. The Morgan fingerprint density at radius 1 is 0.614 bits per heavy atom. The molecule has 322 valence electrons. The van der Waals surface area contributed by atoms with Crippen LogP contribution in [0.3, 0.4) is 0 Å². The van der Waals surface area contributed by atoms with Crippen LogP contribution in [0.2, 0.25) is 0 Å². The molecule has 1 saturated heterocycles. The van der Waals surface area contributed by atoms with Gasteiger partial charge in [-0.3, -0.25) is 34.2 Å². The van der Waals surface area contributed by atoms with Crippen molar-refractivity contribution in [3.8, 4) is 0 Å². The molecule has 0 aliphatic carbocycles. The molecule has 2 aliphatic heterocycles. The molecule has 57 heavy (non-hydrogen) atoms. The number of carbonyl (C=O) groups excluding carboxylic acids is 5. The predicted octanol–water partition coefficient (Wildman–Crippen LogP) is 4.08. The van der Waals surface area contributed by atoms with Crippen LogP contribution >= 0.6 is 0 Å². The van der Waals surface area contributed by atoms with Crippen LogP contribution in [0.5, 0.6) is 0 Å². The summed E-state index contributed by atoms with van der Waals surface area (Å²) in [5.41, 5.74) is 0.393. The van der Waals surface area contributed by atoms with Gasteiger partial charge >= 0.3 is 0 Å². The van der Waals surface area contributed by atoms with Gasteiger partial charge in [0.1, 0.15) is 6.04 Å². The van der Waals surface area contributed by atoms with Crippen LogP contribution < -0.4 is 10.6 Å². The number of anilines is 1. The van der Waals surface area contributed by atoms with E-state index in [2.05, 4.69) is 17.6 Å². The second kappa shape index (κ2) is 30.7. The number of rotatable bonds is 36. The molecular weight excluding hydrogens is 742 g/mol. The lowest BCUT2D eigenvalue weighted by molar-refractivity contribution is -0.136. The van der Waals surface area contributed by atoms with Crippen LogP contribution in [0.1, 0.15) is 105 Å². The number of imide groups is 2. The lowest BCUT2D eigenvalue weighted by Gasteiger charge is -2.27. The Morgan fingerprint density at radius 3 is 1.56 bits per heavy atom. The Morgan fingerprint density at radius 2 is 1.07 bits per heavy atom. The van der Waals surface area contributed by atoms with E-state index < -0.39 is 29.7 Å². The fourth-order valence-electron chi connectivity index (χ4n) is 6.12. The summed E-state index contributed by atoms with van der Waals surface area (Å²) in [7, 11) is 0. The summed E-state index contributed by atoms with van der Waals surface area (Å²) in [5.74, 6) is -2.70. The van der Waals surface area contributed by atoms with Gasteiger partial charge in [-0.25, -0.2) is 0 Å². The minimum absolute atomic E-state index is 0.0312. The summed E-state index contributed by atoms with van der Waals surface area (Å²) in [5, 5.41) is 4.91. The van der Waals surface area contributed by atoms with Crippen LogP contribution in [-0.4, -0.2) is 146 Å². The topological polar surface area (TPSA) is 186 Å². The zero-order valence-corrected chi connectivity index (χ0v) is 33.9. The number of nitrogens with zero attached hydrogens (tertiary/aromatic N) is 1. The predicted molar refractivity (Wildman–Crippen MR) is 210 cm³/mol. The fourth-order valence-corrected chi connectivity index (χ4v) is 6.12. The third-order valence-electron chi connectivity index (χ3n) is 9.18. The molecule has 1 atom stereocenters. The Balaban J connectivity index is 1.03. The van der Waals surface area contributed by atoms with E-state index in [0.29, 0.717) is 106 Å². The van der Waals surface area contributed by atoms with Crippen molar-refractivity contribution in [3.63, 3.8) is 0 Å². The van der Waals surface area contributed by atoms with Gasteiger partial charge in [-0.2, -0.15) is 0 Å². The molecule has 1 aromatic carbocycles. The molecule has 2 heterocycles. The average molecular weight is 808 g/mol. The minimum Gasteiger partial charge on any atom is -0.379 e. The van der Waals surface area contributed by atoms with Crippen LogP contribution in [-0.2, 0) is 52.3 Å². The fraction of sp³-hybridized carbons (Fsp3) is 0.732. The summed E-state index contributed by atoms with van der Waals surface area (Å²) in [6.45, 7) is 10.7. The van der Waals surface area contributed by atoms with Gasteiger partial charge in [-0.15, -0.1) is 0 Å². The molecule has 0 spiro atoms. The molecule has 0 radical (unpaired) electrons. The van der Waals surface area contributed by atoms with Gasteiger partial charge in [0.25, 0.3) is 11.8 Å². The van der Waals surface area contributed by atoms with Crippen molar-refractivity contribution >= 4 is 35.2 Å². The number of piperidine rings is 1. The number of fused-ring (bicyclic) bond motifs is 1. The molecule has 1 fully saturated rings. The van der Waals surface area contributed by atoms with E-state index in [1.54, 1.807) is 12.1 Å². The SMILES string of the molecule is CCCCCCCCOCCOCCOCCOCCOCCOCCOCCOCCCCCC(=O)Nc1cccc2c1C(=O)N(C1CCC(=O)NC1=O)C2=O. The molecule has 16 nitrogen and oxygen atoms in total. The monoisotopic (exact) mass is 807 g/mol. The zero-order chi connectivity index (χ0) is 40.8. The summed E-state index contributed by atoms with van der Waals surface area (Å²) < 4.78 is 44.2. The highest BCUT2D eigenvalue weighted by Crippen LogP contribution is 2.32. The molecule has 5 amide bonds. The van der Waals surface area contributed by atoms with E-state index in [1.165, 1.54) is 38.2 Å². The molecule has 0 bridgehead atoms. The van der Waals surface area contributed by atoms with E-state index in [4.69, 9.17) is 37.9 Å². The Hall–Kier alpha value is -3.35. The van der Waals surface area contributed by atoms with Crippen molar-refractivity contribution in [2.45, 2.75) is 90.0 Å². The number of hydrogen-bond acceptors (Lipinski definition) is 13. The van der Waals surface area contributed by atoms with Crippen molar-refractivity contribution in [1.29, 1.82) is 0 Å². The molecule has 16 heteroatoms. The first kappa shape index (κ1) is 48.0. The van der Waals surface area contributed by atoms with E-state index in [-0.39, 0.29) is 42.0 Å². The van der Waals surface area contributed by atoms with Crippen molar-refractivity contribution in [1.82, 2.24) is 10.2 Å². The van der Waals surface area contributed by atoms with E-state index in [1.807, 2.05) is 0 Å². The van der Waals surface area contributed by atoms with Gasteiger partial charge in [-0.1, -0.05) is 51.5 Å². The highest BCUT2D eigenvalue weighted by molar-refractivity contribution is 6.26. The molecule has 0 saturated carbocycles. The van der Waals surface area contributed by atoms with E-state index in [0.717, 1.165) is 30.8 Å². The summed E-state index contributed by atoms with van der Waals surface area (Å²) in [4.78, 5) is 63.5. The lowest BCUT2D eigenvalue weighted by Crippen LogP contribution is -2.54. The maximum Gasteiger partial charge on any atom is 0.264 e. The third kappa shape index (κ3) is 19.8. The second-order valence-electron chi connectivity index (χ2n) is 13.7. The van der Waals surface area contributed by atoms with E-state index >= 15 is 0 Å². The third-order valence-corrected chi connectivity index (χ3v) is 9.18. The molecule has 1 unspecified atom stereocenters. The minimum atomic E-state index is -1.07. The van der Waals surface area contributed by atoms with Gasteiger partial charge < -0.3 is 43.2 Å². The summed E-state index contributed by atoms with van der Waals surface area (Å²) in [6, 6.07) is 3.54. The van der Waals surface area contributed by atoms with Gasteiger partial charge in [-0.05, 0) is 37.8 Å². The molecule has 3 rings (SSSR count). The largest absolute Gasteiger partial charge is 0.379 e. The second-order valence-corrected chi connectivity index (χ2v) is 13.7. The van der Waals surface area contributed by atoms with Crippen LogP contribution in [0, 0.1) is 0 Å². The number of hydrogen-bond donors (Lipinski definition) is 2. The maximum atomic E-state index is 13.2. The highest BCUT2D eigenvalue weighted by atomic mass is 16.6. The number of benzene rings is 1. The molecule has 2 aliphatic rings. The summed E-state index contributed by atoms with van der Waals surface area (Å²) >= 11 is 0. The van der Waals surface area contributed by atoms with Gasteiger partial charge in [0, 0.05) is 26.1 Å². The Kier molecular flexibility index (Phi) is 25.9. The zero-order valence-electron chi connectivity index (χ0n) is 33.9. The van der Waals surface area contributed by atoms with Crippen LogP contribution in [0.25, 0.3) is 0 Å². The first-order chi connectivity index (χ1) is 27.9. The number of carbonyl (C=O) groups is 5. The molecule has 1 aromatic rings. The first-order valence-electron chi connectivity index (χ1n) is 20.7. The normalized spacial score (nSPS) is 15.4. The van der Waals surface area contributed by atoms with Gasteiger partial charge in [0.15, 0.2) is 0 Å². The maximum absolute atomic E-state index is 13.2. The van der Waals surface area contributed by atoms with Gasteiger partial charge in [0.2, 0.25) is 17.7 Å². The Labute approximate surface area is 337 Å². The van der Waals surface area contributed by atoms with Gasteiger partial charge in [0.05, 0.1) is 109 Å². The van der Waals surface area contributed by atoms with E-state index in [9.17, 15) is 24.0 Å². The lowest BCUT2D eigenvalue weighted by atomic mass is 10.0. The molecule has 2 N–H and O–H groups in total. The smallest absolute Gasteiger partial charge is 0.264 e. The quantitative estimate of drug-likeness (QED) is 0.0731. The van der Waals surface area contributed by atoms with Crippen LogP contribution in [0.15, 0.2) is 18.2 Å². The standard InChI is InChI=1S/C41H65N3O13/c1-2-3-4-5-6-9-17-50-19-21-52-23-25-54-27-29-56-31-32-57-30-28-55-26-24-53-22-20-51-18-10-7-8-14-36(45)42-34-13-11-12-33-38(34)41(49)44(40(33)48)35-15-16-37(46)43-39(35)47/h11-13,35H,2-10,14-32H2,1H3,(H,42,45)(H,43,46,47). The van der Waals surface area contributed by atoms with Crippen molar-refractivity contribution in [3.05, 3.63) is 29.3 Å². The molecule has 0 aromatic heterocycles.